The molecular weight excluding hydrogens is 402 g/mol. The van der Waals surface area contributed by atoms with Gasteiger partial charge < -0.3 is 19.7 Å². The van der Waals surface area contributed by atoms with E-state index in [1.165, 1.54) is 4.90 Å². The molecule has 1 aromatic rings. The lowest BCUT2D eigenvalue weighted by molar-refractivity contribution is -0.153. The molecule has 1 aromatic carbocycles. The summed E-state index contributed by atoms with van der Waals surface area (Å²) >= 11 is 0. The second-order valence-corrected chi connectivity index (χ2v) is 8.16. The van der Waals surface area contributed by atoms with Crippen LogP contribution in [0.3, 0.4) is 0 Å². The van der Waals surface area contributed by atoms with Crippen molar-refractivity contribution < 1.29 is 28.7 Å². The van der Waals surface area contributed by atoms with Gasteiger partial charge >= 0.3 is 12.0 Å². The molecule has 1 aliphatic heterocycles. The Morgan fingerprint density at radius 2 is 2.00 bits per heavy atom. The number of ether oxygens (including phenoxy) is 2. The van der Waals surface area contributed by atoms with E-state index in [0.717, 1.165) is 29.7 Å². The number of nitrogens with zero attached hydrogens (tertiary/aromatic N) is 2. The predicted molar refractivity (Wildman–Crippen MR) is 111 cm³/mol. The highest BCUT2D eigenvalue weighted by Crippen LogP contribution is 2.38. The number of benzene rings is 1. The number of imide groups is 1. The molecule has 4 amide bonds. The molecular formula is C22H29N3O6. The summed E-state index contributed by atoms with van der Waals surface area (Å²) in [6.45, 7) is 1.24. The van der Waals surface area contributed by atoms with Crippen LogP contribution >= 0.6 is 0 Å². The van der Waals surface area contributed by atoms with Gasteiger partial charge in [-0.3, -0.25) is 19.3 Å². The predicted octanol–water partition coefficient (Wildman–Crippen LogP) is 1.70. The van der Waals surface area contributed by atoms with Crippen molar-refractivity contribution in [1.29, 1.82) is 0 Å². The molecule has 2 unspecified atom stereocenters. The van der Waals surface area contributed by atoms with Crippen LogP contribution in [0, 0.1) is 5.92 Å². The molecule has 9 heteroatoms. The Morgan fingerprint density at radius 3 is 2.71 bits per heavy atom. The van der Waals surface area contributed by atoms with Crippen LogP contribution in [0.1, 0.15) is 38.2 Å². The summed E-state index contributed by atoms with van der Waals surface area (Å²) < 4.78 is 10.3. The SMILES string of the molecule is COc1ccccc1CN(C)C(=O)COC(=O)CN1C(=O)NC2(CCCCC2C)C1=O. The van der Waals surface area contributed by atoms with Gasteiger partial charge in [0, 0.05) is 19.2 Å². The number of hydrogen-bond donors (Lipinski definition) is 1. The molecule has 2 atom stereocenters. The average molecular weight is 431 g/mol. The van der Waals surface area contributed by atoms with Gasteiger partial charge in [-0.05, 0) is 24.8 Å². The number of hydrogen-bond acceptors (Lipinski definition) is 6. The number of methoxy groups -OCH3 is 1. The third-order valence-corrected chi connectivity index (χ3v) is 6.17. The second kappa shape index (κ2) is 9.36. The van der Waals surface area contributed by atoms with Gasteiger partial charge in [-0.25, -0.2) is 4.79 Å². The fourth-order valence-corrected chi connectivity index (χ4v) is 4.24. The molecule has 9 nitrogen and oxygen atoms in total. The third-order valence-electron chi connectivity index (χ3n) is 6.17. The van der Waals surface area contributed by atoms with Gasteiger partial charge in [0.2, 0.25) is 0 Å². The minimum Gasteiger partial charge on any atom is -0.496 e. The monoisotopic (exact) mass is 431 g/mol. The average Bonchev–Trinajstić information content (AvgIpc) is 2.99. The normalized spacial score (nSPS) is 22.9. The number of rotatable bonds is 7. The van der Waals surface area contributed by atoms with E-state index in [9.17, 15) is 19.2 Å². The number of carbonyl (C=O) groups excluding carboxylic acids is 4. The lowest BCUT2D eigenvalue weighted by Crippen LogP contribution is -2.54. The van der Waals surface area contributed by atoms with Crippen molar-refractivity contribution in [3.63, 3.8) is 0 Å². The molecule has 2 aliphatic rings. The molecule has 1 heterocycles. The lowest BCUT2D eigenvalue weighted by atomic mass is 9.73. The summed E-state index contributed by atoms with van der Waals surface area (Å²) in [5.74, 6) is -0.939. The molecule has 1 spiro atoms. The fourth-order valence-electron chi connectivity index (χ4n) is 4.24. The van der Waals surface area contributed by atoms with Gasteiger partial charge in [-0.1, -0.05) is 38.0 Å². The summed E-state index contributed by atoms with van der Waals surface area (Å²) in [4.78, 5) is 52.1. The number of carbonyl (C=O) groups is 4. The smallest absolute Gasteiger partial charge is 0.326 e. The third kappa shape index (κ3) is 4.65. The summed E-state index contributed by atoms with van der Waals surface area (Å²) in [5, 5.41) is 2.79. The Kier molecular flexibility index (Phi) is 6.82. The Hall–Kier alpha value is -3.10. The van der Waals surface area contributed by atoms with Crippen molar-refractivity contribution in [2.45, 2.75) is 44.7 Å². The number of urea groups is 1. The van der Waals surface area contributed by atoms with Crippen LogP contribution in [0.25, 0.3) is 0 Å². The highest BCUT2D eigenvalue weighted by Gasteiger charge is 2.55. The maximum Gasteiger partial charge on any atom is 0.326 e. The summed E-state index contributed by atoms with van der Waals surface area (Å²) in [6.07, 6.45) is 3.27. The van der Waals surface area contributed by atoms with E-state index in [2.05, 4.69) is 5.32 Å². The maximum absolute atomic E-state index is 12.9. The molecule has 2 fully saturated rings. The minimum absolute atomic E-state index is 0.00363. The largest absolute Gasteiger partial charge is 0.496 e. The van der Waals surface area contributed by atoms with Gasteiger partial charge in [0.05, 0.1) is 7.11 Å². The quantitative estimate of drug-likeness (QED) is 0.520. The molecule has 0 bridgehead atoms. The standard InChI is InChI=1S/C22H29N3O6/c1-15-8-6-7-11-22(15)20(28)25(21(29)23-22)13-19(27)31-14-18(26)24(2)12-16-9-4-5-10-17(16)30-3/h4-5,9-10,15H,6-8,11-14H2,1-3H3,(H,23,29). The highest BCUT2D eigenvalue weighted by molar-refractivity contribution is 6.09. The molecule has 31 heavy (non-hydrogen) atoms. The molecule has 168 valence electrons. The topological polar surface area (TPSA) is 105 Å². The van der Waals surface area contributed by atoms with E-state index in [4.69, 9.17) is 9.47 Å². The lowest BCUT2D eigenvalue weighted by Gasteiger charge is -2.36. The molecule has 1 saturated heterocycles. The molecule has 1 saturated carbocycles. The minimum atomic E-state index is -0.930. The van der Waals surface area contributed by atoms with E-state index in [0.29, 0.717) is 12.2 Å². The summed E-state index contributed by atoms with van der Waals surface area (Å²) in [6, 6.07) is 6.73. The van der Waals surface area contributed by atoms with E-state index in [1.807, 2.05) is 25.1 Å². The van der Waals surface area contributed by atoms with Crippen LogP contribution in [-0.2, 0) is 25.7 Å². The Labute approximate surface area is 181 Å². The van der Waals surface area contributed by atoms with E-state index in [1.54, 1.807) is 20.2 Å². The van der Waals surface area contributed by atoms with Crippen LogP contribution in [0.15, 0.2) is 24.3 Å². The van der Waals surface area contributed by atoms with Crippen molar-refractivity contribution in [2.24, 2.45) is 5.92 Å². The zero-order valence-electron chi connectivity index (χ0n) is 18.2. The first kappa shape index (κ1) is 22.6. The van der Waals surface area contributed by atoms with Crippen LogP contribution < -0.4 is 10.1 Å². The summed E-state index contributed by atoms with van der Waals surface area (Å²) in [7, 11) is 3.14. The van der Waals surface area contributed by atoms with Crippen LogP contribution in [-0.4, -0.2) is 66.5 Å². The zero-order valence-corrected chi connectivity index (χ0v) is 18.2. The van der Waals surface area contributed by atoms with Crippen LogP contribution in [0.2, 0.25) is 0 Å². The first-order valence-corrected chi connectivity index (χ1v) is 10.4. The fraction of sp³-hybridized carbons (Fsp3) is 0.545. The Morgan fingerprint density at radius 1 is 1.26 bits per heavy atom. The van der Waals surface area contributed by atoms with Crippen molar-refractivity contribution in [3.05, 3.63) is 29.8 Å². The Balaban J connectivity index is 1.52. The first-order chi connectivity index (χ1) is 14.8. The molecule has 1 N–H and O–H groups in total. The van der Waals surface area contributed by atoms with E-state index >= 15 is 0 Å². The van der Waals surface area contributed by atoms with Crippen molar-refractivity contribution in [3.8, 4) is 5.75 Å². The second-order valence-electron chi connectivity index (χ2n) is 8.16. The van der Waals surface area contributed by atoms with Crippen LogP contribution in [0.4, 0.5) is 4.79 Å². The molecule has 0 radical (unpaired) electrons. The number of para-hydroxylation sites is 1. The van der Waals surface area contributed by atoms with Gasteiger partial charge in [-0.15, -0.1) is 0 Å². The van der Waals surface area contributed by atoms with Gasteiger partial charge in [0.1, 0.15) is 17.8 Å². The summed E-state index contributed by atoms with van der Waals surface area (Å²) in [5.41, 5.74) is -0.112. The number of esters is 1. The molecule has 0 aromatic heterocycles. The highest BCUT2D eigenvalue weighted by atomic mass is 16.5. The van der Waals surface area contributed by atoms with E-state index in [-0.39, 0.29) is 18.4 Å². The Bertz CT molecular complexity index is 873. The van der Waals surface area contributed by atoms with Crippen LogP contribution in [0.5, 0.6) is 5.75 Å². The maximum atomic E-state index is 12.9. The number of nitrogens with one attached hydrogen (secondary N) is 1. The van der Waals surface area contributed by atoms with Crippen molar-refractivity contribution in [2.75, 3.05) is 27.3 Å². The molecule has 3 rings (SSSR count). The van der Waals surface area contributed by atoms with Gasteiger partial charge in [0.15, 0.2) is 6.61 Å². The van der Waals surface area contributed by atoms with Gasteiger partial charge in [0.25, 0.3) is 11.8 Å². The number of amides is 4. The van der Waals surface area contributed by atoms with E-state index < -0.39 is 36.6 Å². The van der Waals surface area contributed by atoms with Crippen molar-refractivity contribution in [1.82, 2.24) is 15.1 Å². The zero-order chi connectivity index (χ0) is 22.6. The molecule has 1 aliphatic carbocycles. The first-order valence-electron chi connectivity index (χ1n) is 10.4. The van der Waals surface area contributed by atoms with Crippen molar-refractivity contribution >= 4 is 23.8 Å². The number of likely N-dealkylation sites (N-methyl/N-ethyl adjacent to an activating group) is 1. The van der Waals surface area contributed by atoms with Gasteiger partial charge in [-0.2, -0.15) is 0 Å².